The summed E-state index contributed by atoms with van der Waals surface area (Å²) in [6.45, 7) is 0. The van der Waals surface area contributed by atoms with E-state index in [1.54, 1.807) is 11.8 Å². The van der Waals surface area contributed by atoms with Crippen LogP contribution in [0, 0.1) is 0 Å². The van der Waals surface area contributed by atoms with E-state index < -0.39 is 23.3 Å². The van der Waals surface area contributed by atoms with Crippen LogP contribution in [0.15, 0.2) is 18.2 Å². The highest BCUT2D eigenvalue weighted by Gasteiger charge is 2.35. The molecule has 2 rings (SSSR count). The largest absolute Gasteiger partial charge is 0.418 e. The molecule has 0 spiro atoms. The Kier molecular flexibility index (Phi) is 4.70. The second-order valence-electron chi connectivity index (χ2n) is 5.05. The molecule has 2 unspecified atom stereocenters. The zero-order chi connectivity index (χ0) is 15.6. The summed E-state index contributed by atoms with van der Waals surface area (Å²) < 4.78 is 38.4. The summed E-state index contributed by atoms with van der Waals surface area (Å²) in [6, 6.07) is 3.39. The Morgan fingerprint density at radius 1 is 1.38 bits per heavy atom. The summed E-state index contributed by atoms with van der Waals surface area (Å²) in [5.41, 5.74) is 3.93. The molecule has 1 aliphatic carbocycles. The molecular weight excluding hydrogens is 301 g/mol. The molecule has 2 atom stereocenters. The van der Waals surface area contributed by atoms with Crippen molar-refractivity contribution in [1.82, 2.24) is 5.32 Å². The molecule has 7 heteroatoms. The average Bonchev–Trinajstić information content (AvgIpc) is 2.84. The smallest absolute Gasteiger partial charge is 0.398 e. The molecule has 116 valence electrons. The molecule has 1 saturated carbocycles. The Labute approximate surface area is 125 Å². The van der Waals surface area contributed by atoms with Crippen LogP contribution in [0.3, 0.4) is 0 Å². The molecule has 0 aromatic heterocycles. The number of halogens is 3. The van der Waals surface area contributed by atoms with Crippen molar-refractivity contribution < 1.29 is 18.0 Å². The molecular formula is C14H17F3N2OS. The Bertz CT molecular complexity index is 533. The fourth-order valence-corrected chi connectivity index (χ4v) is 3.56. The molecule has 1 aromatic rings. The van der Waals surface area contributed by atoms with Gasteiger partial charge in [-0.15, -0.1) is 0 Å². The number of carbonyl (C=O) groups excluding carboxylic acids is 1. The SMILES string of the molecule is CSC1CCCC1NC(=O)c1cccc(C(F)(F)F)c1N. The minimum absolute atomic E-state index is 0.0126. The van der Waals surface area contributed by atoms with Crippen LogP contribution in [0.2, 0.25) is 0 Å². The summed E-state index contributed by atoms with van der Waals surface area (Å²) in [5, 5.41) is 3.11. The van der Waals surface area contributed by atoms with Gasteiger partial charge in [0.15, 0.2) is 0 Å². The molecule has 0 saturated heterocycles. The lowest BCUT2D eigenvalue weighted by Gasteiger charge is -2.20. The van der Waals surface area contributed by atoms with Gasteiger partial charge in [-0.2, -0.15) is 24.9 Å². The van der Waals surface area contributed by atoms with Crippen molar-refractivity contribution in [3.63, 3.8) is 0 Å². The van der Waals surface area contributed by atoms with Gasteiger partial charge in [-0.25, -0.2) is 0 Å². The highest BCUT2D eigenvalue weighted by Crippen LogP contribution is 2.35. The van der Waals surface area contributed by atoms with Gasteiger partial charge in [-0.05, 0) is 31.2 Å². The van der Waals surface area contributed by atoms with Crippen LogP contribution < -0.4 is 11.1 Å². The van der Waals surface area contributed by atoms with Crippen LogP contribution in [0.25, 0.3) is 0 Å². The standard InChI is InChI=1S/C14H17F3N2OS/c1-21-11-7-3-6-10(11)19-13(20)8-4-2-5-9(12(8)18)14(15,16)17/h2,4-5,10-11H,3,6-7,18H2,1H3,(H,19,20). The highest BCUT2D eigenvalue weighted by molar-refractivity contribution is 7.99. The second kappa shape index (κ2) is 6.17. The van der Waals surface area contributed by atoms with Crippen LogP contribution in [0.1, 0.15) is 35.2 Å². The first-order valence-corrected chi connectivity index (χ1v) is 7.92. The van der Waals surface area contributed by atoms with Crippen molar-refractivity contribution >= 4 is 23.4 Å². The second-order valence-corrected chi connectivity index (χ2v) is 6.13. The molecule has 0 radical (unpaired) electrons. The molecule has 0 heterocycles. The molecule has 3 N–H and O–H groups in total. The number of amides is 1. The van der Waals surface area contributed by atoms with Crippen LogP contribution in [0.4, 0.5) is 18.9 Å². The maximum Gasteiger partial charge on any atom is 0.418 e. The fourth-order valence-electron chi connectivity index (χ4n) is 2.63. The van der Waals surface area contributed by atoms with Crippen LogP contribution in [-0.4, -0.2) is 23.5 Å². The van der Waals surface area contributed by atoms with Gasteiger partial charge >= 0.3 is 6.18 Å². The van der Waals surface area contributed by atoms with E-state index >= 15 is 0 Å². The maximum atomic E-state index is 12.8. The number of nitrogen functional groups attached to an aromatic ring is 1. The van der Waals surface area contributed by atoms with E-state index in [2.05, 4.69) is 5.32 Å². The molecule has 3 nitrogen and oxygen atoms in total. The number of nitrogens with one attached hydrogen (secondary N) is 1. The van der Waals surface area contributed by atoms with Crippen molar-refractivity contribution in [2.45, 2.75) is 36.7 Å². The first kappa shape index (κ1) is 16.0. The van der Waals surface area contributed by atoms with E-state index in [4.69, 9.17) is 5.73 Å². The van der Waals surface area contributed by atoms with Gasteiger partial charge in [-0.3, -0.25) is 4.79 Å². The minimum atomic E-state index is -4.56. The first-order chi connectivity index (χ1) is 9.84. The summed E-state index contributed by atoms with van der Waals surface area (Å²) in [6.07, 6.45) is 0.262. The predicted octanol–water partition coefficient (Wildman–Crippen LogP) is 3.30. The van der Waals surface area contributed by atoms with Gasteiger partial charge in [-0.1, -0.05) is 12.5 Å². The zero-order valence-electron chi connectivity index (χ0n) is 11.5. The van der Waals surface area contributed by atoms with Crippen LogP contribution in [-0.2, 0) is 6.18 Å². The van der Waals surface area contributed by atoms with Crippen LogP contribution in [0.5, 0.6) is 0 Å². The molecule has 21 heavy (non-hydrogen) atoms. The van der Waals surface area contributed by atoms with Gasteiger partial charge in [0, 0.05) is 11.3 Å². The van der Waals surface area contributed by atoms with Crippen molar-refractivity contribution in [1.29, 1.82) is 0 Å². The van der Waals surface area contributed by atoms with Gasteiger partial charge in [0.05, 0.1) is 16.8 Å². The lowest BCUT2D eigenvalue weighted by molar-refractivity contribution is -0.136. The van der Waals surface area contributed by atoms with Crippen molar-refractivity contribution in [3.8, 4) is 0 Å². The lowest BCUT2D eigenvalue weighted by atomic mass is 10.1. The van der Waals surface area contributed by atoms with Crippen LogP contribution >= 0.6 is 11.8 Å². The topological polar surface area (TPSA) is 55.1 Å². The number of carbonyl (C=O) groups is 1. The lowest BCUT2D eigenvalue weighted by Crippen LogP contribution is -2.39. The fraction of sp³-hybridized carbons (Fsp3) is 0.500. The number of nitrogens with two attached hydrogens (primary N) is 1. The van der Waals surface area contributed by atoms with E-state index in [1.807, 2.05) is 6.26 Å². The van der Waals surface area contributed by atoms with Crippen molar-refractivity contribution in [3.05, 3.63) is 29.3 Å². The molecule has 0 aliphatic heterocycles. The Balaban J connectivity index is 2.20. The number of alkyl halides is 3. The predicted molar refractivity (Wildman–Crippen MR) is 78.3 cm³/mol. The van der Waals surface area contributed by atoms with E-state index in [-0.39, 0.29) is 11.6 Å². The van der Waals surface area contributed by atoms with Crippen molar-refractivity contribution in [2.24, 2.45) is 0 Å². The van der Waals surface area contributed by atoms with Gasteiger partial charge in [0.25, 0.3) is 5.91 Å². The number of anilines is 1. The summed E-state index contributed by atoms with van der Waals surface area (Å²) in [5.74, 6) is -0.537. The van der Waals surface area contributed by atoms with Crippen molar-refractivity contribution in [2.75, 3.05) is 12.0 Å². The maximum absolute atomic E-state index is 12.8. The van der Waals surface area contributed by atoms with Gasteiger partial charge in [0.2, 0.25) is 0 Å². The third kappa shape index (κ3) is 3.45. The van der Waals surface area contributed by atoms with E-state index in [1.165, 1.54) is 12.1 Å². The number of benzene rings is 1. The average molecular weight is 318 g/mol. The third-order valence-electron chi connectivity index (χ3n) is 3.73. The van der Waals surface area contributed by atoms with E-state index in [9.17, 15) is 18.0 Å². The Morgan fingerprint density at radius 2 is 2.10 bits per heavy atom. The monoisotopic (exact) mass is 318 g/mol. The molecule has 1 fully saturated rings. The van der Waals surface area contributed by atoms with E-state index in [0.717, 1.165) is 25.3 Å². The quantitative estimate of drug-likeness (QED) is 0.841. The molecule has 1 amide bonds. The Hall–Kier alpha value is -1.37. The first-order valence-electron chi connectivity index (χ1n) is 6.64. The highest BCUT2D eigenvalue weighted by atomic mass is 32.2. The third-order valence-corrected chi connectivity index (χ3v) is 4.90. The molecule has 0 bridgehead atoms. The summed E-state index contributed by atoms with van der Waals surface area (Å²) in [4.78, 5) is 12.2. The molecule has 1 aromatic carbocycles. The number of rotatable bonds is 3. The number of hydrogen-bond donors (Lipinski definition) is 2. The summed E-state index contributed by atoms with van der Waals surface area (Å²) >= 11 is 1.66. The number of hydrogen-bond acceptors (Lipinski definition) is 3. The minimum Gasteiger partial charge on any atom is -0.398 e. The summed E-state index contributed by atoms with van der Waals surface area (Å²) in [7, 11) is 0. The van der Waals surface area contributed by atoms with Gasteiger partial charge < -0.3 is 11.1 Å². The van der Waals surface area contributed by atoms with E-state index in [0.29, 0.717) is 5.25 Å². The zero-order valence-corrected chi connectivity index (χ0v) is 12.4. The molecule has 1 aliphatic rings. The number of thioether (sulfide) groups is 1. The Morgan fingerprint density at radius 3 is 2.71 bits per heavy atom. The normalized spacial score (nSPS) is 22.3. The number of para-hydroxylation sites is 1. The van der Waals surface area contributed by atoms with Gasteiger partial charge in [0.1, 0.15) is 0 Å².